The van der Waals surface area contributed by atoms with Crippen molar-refractivity contribution in [2.45, 2.75) is 31.8 Å². The molecule has 84 valence electrons. The Balaban J connectivity index is 2.73. The molecule has 0 amide bonds. The van der Waals surface area contributed by atoms with Crippen molar-refractivity contribution in [2.75, 3.05) is 13.7 Å². The summed E-state index contributed by atoms with van der Waals surface area (Å²) in [6.07, 6.45) is -1.43. The fraction of sp³-hybridized carbons (Fsp3) is 0.875. The summed E-state index contributed by atoms with van der Waals surface area (Å²) < 4.78 is 15.3. The van der Waals surface area contributed by atoms with Crippen LogP contribution in [0, 0.1) is 0 Å². The maximum atomic E-state index is 11.3. The Bertz CT molecular complexity index is 298. The van der Waals surface area contributed by atoms with Crippen LogP contribution in [0.2, 0.25) is 0 Å². The molecule has 0 N–H and O–H groups in total. The van der Waals surface area contributed by atoms with Crippen molar-refractivity contribution in [3.8, 4) is 0 Å². The number of ether oxygens (including phenoxy) is 3. The number of esters is 1. The fourth-order valence-corrected chi connectivity index (χ4v) is 1.40. The predicted molar refractivity (Wildman–Crippen MR) is 49.9 cm³/mol. The molecule has 1 rings (SSSR count). The molecule has 0 spiro atoms. The molecular weight excluding hydrogens is 202 g/mol. The van der Waals surface area contributed by atoms with E-state index in [2.05, 4.69) is 14.8 Å². The summed E-state index contributed by atoms with van der Waals surface area (Å²) in [5.74, 6) is -1.40. The van der Waals surface area contributed by atoms with E-state index >= 15 is 0 Å². The quantitative estimate of drug-likeness (QED) is 0.303. The van der Waals surface area contributed by atoms with Gasteiger partial charge >= 0.3 is 5.97 Å². The Morgan fingerprint density at radius 1 is 1.60 bits per heavy atom. The van der Waals surface area contributed by atoms with Crippen molar-refractivity contribution >= 4 is 5.97 Å². The van der Waals surface area contributed by atoms with Crippen molar-refractivity contribution in [3.05, 3.63) is 10.4 Å². The minimum atomic E-state index is -0.867. The van der Waals surface area contributed by atoms with E-state index in [-0.39, 0.29) is 6.54 Å². The van der Waals surface area contributed by atoms with Crippen LogP contribution in [0.25, 0.3) is 10.4 Å². The molecule has 0 unspecified atom stereocenters. The molecule has 1 fully saturated rings. The van der Waals surface area contributed by atoms with Gasteiger partial charge in [0, 0.05) is 4.91 Å². The monoisotopic (exact) mass is 215 g/mol. The number of rotatable bonds is 3. The van der Waals surface area contributed by atoms with Gasteiger partial charge in [-0.3, -0.25) is 0 Å². The highest BCUT2D eigenvalue weighted by Crippen LogP contribution is 2.28. The first-order valence-corrected chi connectivity index (χ1v) is 4.44. The molecule has 0 aliphatic carbocycles. The lowest BCUT2D eigenvalue weighted by Crippen LogP contribution is -2.34. The number of carbonyl (C=O) groups excluding carboxylic acids is 1. The summed E-state index contributed by atoms with van der Waals surface area (Å²) >= 11 is 0. The van der Waals surface area contributed by atoms with Crippen molar-refractivity contribution in [1.29, 1.82) is 0 Å². The molecule has 7 heteroatoms. The second-order valence-corrected chi connectivity index (χ2v) is 3.53. The van der Waals surface area contributed by atoms with E-state index in [0.29, 0.717) is 0 Å². The molecule has 0 saturated carbocycles. The van der Waals surface area contributed by atoms with E-state index < -0.39 is 24.0 Å². The predicted octanol–water partition coefficient (Wildman–Crippen LogP) is 0.990. The topological polar surface area (TPSA) is 93.5 Å². The second kappa shape index (κ2) is 4.48. The van der Waals surface area contributed by atoms with Gasteiger partial charge in [0.1, 0.15) is 6.10 Å². The zero-order chi connectivity index (χ0) is 11.5. The lowest BCUT2D eigenvalue weighted by atomic mass is 10.2. The zero-order valence-corrected chi connectivity index (χ0v) is 8.84. The molecule has 1 aliphatic heterocycles. The summed E-state index contributed by atoms with van der Waals surface area (Å²) in [6.45, 7) is 3.40. The maximum Gasteiger partial charge on any atom is 0.337 e. The third-order valence-corrected chi connectivity index (χ3v) is 1.94. The molecule has 0 radical (unpaired) electrons. The smallest absolute Gasteiger partial charge is 0.337 e. The third kappa shape index (κ3) is 2.82. The fourth-order valence-electron chi connectivity index (χ4n) is 1.40. The van der Waals surface area contributed by atoms with Gasteiger partial charge < -0.3 is 14.2 Å². The van der Waals surface area contributed by atoms with Crippen LogP contribution >= 0.6 is 0 Å². The average Bonchev–Trinajstić information content (AvgIpc) is 2.49. The number of methoxy groups -OCH3 is 1. The third-order valence-electron chi connectivity index (χ3n) is 1.94. The Hall–Kier alpha value is -1.30. The van der Waals surface area contributed by atoms with E-state index in [9.17, 15) is 4.79 Å². The Labute approximate surface area is 86.9 Å². The van der Waals surface area contributed by atoms with Gasteiger partial charge in [0.15, 0.2) is 11.9 Å². The minimum Gasteiger partial charge on any atom is -0.467 e. The van der Waals surface area contributed by atoms with Crippen LogP contribution in [0.1, 0.15) is 13.8 Å². The average molecular weight is 215 g/mol. The molecular formula is C8H13N3O4. The number of carbonyl (C=O) groups is 1. The zero-order valence-electron chi connectivity index (χ0n) is 8.84. The standard InChI is InChI=1S/C8H13N3O4/c1-8(2)14-5(4-10-11-9)6(15-8)7(12)13-3/h5-6H,4H2,1-3H3/t5-,6+/m0/s1. The van der Waals surface area contributed by atoms with Crippen molar-refractivity contribution in [2.24, 2.45) is 5.11 Å². The van der Waals surface area contributed by atoms with Crippen molar-refractivity contribution in [1.82, 2.24) is 0 Å². The van der Waals surface area contributed by atoms with Crippen LogP contribution in [0.5, 0.6) is 0 Å². The van der Waals surface area contributed by atoms with Crippen LogP contribution in [0.3, 0.4) is 0 Å². The molecule has 15 heavy (non-hydrogen) atoms. The van der Waals surface area contributed by atoms with Crippen molar-refractivity contribution in [3.63, 3.8) is 0 Å². The van der Waals surface area contributed by atoms with E-state index in [1.54, 1.807) is 13.8 Å². The van der Waals surface area contributed by atoms with Crippen LogP contribution in [0.4, 0.5) is 0 Å². The summed E-state index contributed by atoms with van der Waals surface area (Å²) in [6, 6.07) is 0. The van der Waals surface area contributed by atoms with E-state index in [0.717, 1.165) is 0 Å². The lowest BCUT2D eigenvalue weighted by Gasteiger charge is -2.15. The van der Waals surface area contributed by atoms with E-state index in [1.165, 1.54) is 7.11 Å². The maximum absolute atomic E-state index is 11.3. The first kappa shape index (κ1) is 11.8. The largest absolute Gasteiger partial charge is 0.467 e. The molecule has 1 aliphatic rings. The van der Waals surface area contributed by atoms with Crippen LogP contribution in [-0.4, -0.2) is 37.6 Å². The van der Waals surface area contributed by atoms with Gasteiger partial charge in [0.25, 0.3) is 0 Å². The summed E-state index contributed by atoms with van der Waals surface area (Å²) in [5, 5.41) is 3.35. The SMILES string of the molecule is COC(=O)[C@@H]1OC(C)(C)O[C@H]1CN=[N+]=[N-]. The molecule has 7 nitrogen and oxygen atoms in total. The van der Waals surface area contributed by atoms with Gasteiger partial charge in [0.2, 0.25) is 0 Å². The van der Waals surface area contributed by atoms with Gasteiger partial charge in [-0.2, -0.15) is 0 Å². The summed E-state index contributed by atoms with van der Waals surface area (Å²) in [7, 11) is 1.27. The molecule has 0 aromatic rings. The minimum absolute atomic E-state index is 0.0414. The highest BCUT2D eigenvalue weighted by Gasteiger charge is 2.45. The molecule has 0 bridgehead atoms. The van der Waals surface area contributed by atoms with Crippen LogP contribution in [0.15, 0.2) is 5.11 Å². The van der Waals surface area contributed by atoms with Gasteiger partial charge in [-0.05, 0) is 19.4 Å². The lowest BCUT2D eigenvalue weighted by molar-refractivity contribution is -0.168. The second-order valence-electron chi connectivity index (χ2n) is 3.53. The molecule has 2 atom stereocenters. The van der Waals surface area contributed by atoms with Crippen LogP contribution in [-0.2, 0) is 19.0 Å². The number of nitrogens with zero attached hydrogens (tertiary/aromatic N) is 3. The molecule has 1 heterocycles. The van der Waals surface area contributed by atoms with E-state index in [1.807, 2.05) is 0 Å². The highest BCUT2D eigenvalue weighted by molar-refractivity contribution is 5.75. The van der Waals surface area contributed by atoms with Crippen molar-refractivity contribution < 1.29 is 19.0 Å². The van der Waals surface area contributed by atoms with Gasteiger partial charge in [0.05, 0.1) is 13.7 Å². The normalized spacial score (nSPS) is 28.2. The first-order chi connectivity index (χ1) is 7.00. The number of azide groups is 1. The highest BCUT2D eigenvalue weighted by atomic mass is 16.8. The van der Waals surface area contributed by atoms with E-state index in [4.69, 9.17) is 15.0 Å². The van der Waals surface area contributed by atoms with Gasteiger partial charge in [-0.25, -0.2) is 4.79 Å². The number of hydrogen-bond acceptors (Lipinski definition) is 5. The number of hydrogen-bond donors (Lipinski definition) is 0. The summed E-state index contributed by atoms with van der Waals surface area (Å²) in [5.41, 5.74) is 8.18. The Kier molecular flexibility index (Phi) is 3.52. The first-order valence-electron chi connectivity index (χ1n) is 4.44. The Morgan fingerprint density at radius 3 is 2.80 bits per heavy atom. The summed E-state index contributed by atoms with van der Waals surface area (Å²) in [4.78, 5) is 13.9. The molecule has 0 aromatic heterocycles. The molecule has 0 aromatic carbocycles. The van der Waals surface area contributed by atoms with Crippen LogP contribution < -0.4 is 0 Å². The van der Waals surface area contributed by atoms with Gasteiger partial charge in [-0.15, -0.1) is 0 Å². The van der Waals surface area contributed by atoms with Gasteiger partial charge in [-0.1, -0.05) is 5.11 Å². The molecule has 1 saturated heterocycles. The Morgan fingerprint density at radius 2 is 2.27 bits per heavy atom.